The van der Waals surface area contributed by atoms with Gasteiger partial charge in [0.25, 0.3) is 12.3 Å². The van der Waals surface area contributed by atoms with E-state index in [-0.39, 0.29) is 23.9 Å². The minimum atomic E-state index is -3.14. The van der Waals surface area contributed by atoms with Crippen LogP contribution in [0.3, 0.4) is 0 Å². The molecular formula is C21H20F3N5O3. The van der Waals surface area contributed by atoms with Gasteiger partial charge in [-0.1, -0.05) is 12.3 Å². The molecule has 1 aromatic heterocycles. The number of anilines is 1. The molecule has 1 fully saturated rings. The van der Waals surface area contributed by atoms with Crippen molar-refractivity contribution in [2.75, 3.05) is 11.9 Å². The molecular weight excluding hydrogens is 427 g/mol. The molecule has 1 aromatic carbocycles. The van der Waals surface area contributed by atoms with Crippen LogP contribution >= 0.6 is 0 Å². The largest absolute Gasteiger partial charge is 0.463 e. The predicted molar refractivity (Wildman–Crippen MR) is 108 cm³/mol. The van der Waals surface area contributed by atoms with Crippen LogP contribution in [0.5, 0.6) is 5.88 Å². The lowest BCUT2D eigenvalue weighted by atomic mass is 9.67. The number of amides is 3. The summed E-state index contributed by atoms with van der Waals surface area (Å²) in [6, 6.07) is 2.00. The number of nitrogens with two attached hydrogens (primary N) is 1. The van der Waals surface area contributed by atoms with Crippen molar-refractivity contribution in [2.45, 2.75) is 31.2 Å². The first-order valence-electron chi connectivity index (χ1n) is 9.63. The van der Waals surface area contributed by atoms with E-state index in [1.165, 1.54) is 12.3 Å². The van der Waals surface area contributed by atoms with E-state index in [1.807, 2.05) is 0 Å². The fourth-order valence-corrected chi connectivity index (χ4v) is 3.55. The molecule has 3 amide bonds. The zero-order valence-electron chi connectivity index (χ0n) is 16.8. The molecule has 0 unspecified atom stereocenters. The van der Waals surface area contributed by atoms with Crippen molar-refractivity contribution < 1.29 is 27.5 Å². The number of primary amides is 1. The van der Waals surface area contributed by atoms with E-state index in [2.05, 4.69) is 26.5 Å². The van der Waals surface area contributed by atoms with Gasteiger partial charge in [-0.25, -0.2) is 27.9 Å². The zero-order valence-corrected chi connectivity index (χ0v) is 16.8. The number of rotatable bonds is 8. The molecule has 8 nitrogen and oxygen atoms in total. The molecule has 2 aromatic rings. The van der Waals surface area contributed by atoms with Crippen molar-refractivity contribution in [1.82, 2.24) is 15.3 Å². The van der Waals surface area contributed by atoms with Crippen LogP contribution in [-0.2, 0) is 5.54 Å². The third-order valence-corrected chi connectivity index (χ3v) is 5.26. The Balaban J connectivity index is 1.89. The number of alkyl halides is 2. The summed E-state index contributed by atoms with van der Waals surface area (Å²) in [7, 11) is 0. The van der Waals surface area contributed by atoms with Crippen LogP contribution in [0.1, 0.15) is 35.3 Å². The fourth-order valence-electron chi connectivity index (χ4n) is 3.55. The van der Waals surface area contributed by atoms with Crippen molar-refractivity contribution in [2.24, 2.45) is 11.7 Å². The van der Waals surface area contributed by atoms with E-state index in [0.29, 0.717) is 19.3 Å². The second kappa shape index (κ2) is 9.55. The third kappa shape index (κ3) is 4.59. The highest BCUT2D eigenvalue weighted by Crippen LogP contribution is 2.47. The van der Waals surface area contributed by atoms with Crippen LogP contribution in [-0.4, -0.2) is 34.9 Å². The highest BCUT2D eigenvalue weighted by molar-refractivity contribution is 6.02. The van der Waals surface area contributed by atoms with Crippen LogP contribution in [0.2, 0.25) is 0 Å². The number of hydrogen-bond donors (Lipinski definition) is 3. The molecule has 1 heterocycles. The molecule has 1 aliphatic carbocycles. The van der Waals surface area contributed by atoms with Gasteiger partial charge >= 0.3 is 6.03 Å². The maximum atomic E-state index is 14.7. The van der Waals surface area contributed by atoms with E-state index in [4.69, 9.17) is 16.9 Å². The van der Waals surface area contributed by atoms with Crippen molar-refractivity contribution in [3.8, 4) is 18.2 Å². The summed E-state index contributed by atoms with van der Waals surface area (Å²) >= 11 is 0. The van der Waals surface area contributed by atoms with Crippen molar-refractivity contribution in [1.29, 1.82) is 0 Å². The van der Waals surface area contributed by atoms with Gasteiger partial charge in [-0.05, 0) is 37.0 Å². The van der Waals surface area contributed by atoms with Gasteiger partial charge in [0.2, 0.25) is 5.88 Å². The Morgan fingerprint density at radius 2 is 2.06 bits per heavy atom. The van der Waals surface area contributed by atoms with Gasteiger partial charge in [-0.15, -0.1) is 6.42 Å². The lowest BCUT2D eigenvalue weighted by molar-refractivity contribution is -0.0297. The number of terminal acetylenes is 1. The molecule has 11 heteroatoms. The van der Waals surface area contributed by atoms with Gasteiger partial charge in [0.15, 0.2) is 6.61 Å². The Morgan fingerprint density at radius 3 is 2.59 bits per heavy atom. The molecule has 4 N–H and O–H groups in total. The monoisotopic (exact) mass is 447 g/mol. The molecule has 0 aliphatic heterocycles. The van der Waals surface area contributed by atoms with Crippen LogP contribution < -0.4 is 21.1 Å². The molecule has 168 valence electrons. The number of nitrogens with zero attached hydrogens (tertiary/aromatic N) is 2. The average molecular weight is 447 g/mol. The van der Waals surface area contributed by atoms with Crippen molar-refractivity contribution >= 4 is 17.6 Å². The van der Waals surface area contributed by atoms with Gasteiger partial charge < -0.3 is 21.1 Å². The molecule has 1 atom stereocenters. The summed E-state index contributed by atoms with van der Waals surface area (Å²) in [5.74, 6) is -0.0150. The Morgan fingerprint density at radius 1 is 1.31 bits per heavy atom. The van der Waals surface area contributed by atoms with E-state index in [9.17, 15) is 22.8 Å². The summed E-state index contributed by atoms with van der Waals surface area (Å²) in [6.45, 7) is -0.0230. The van der Waals surface area contributed by atoms with E-state index in [1.54, 1.807) is 0 Å². The van der Waals surface area contributed by atoms with Crippen LogP contribution in [0.25, 0.3) is 0 Å². The quantitative estimate of drug-likeness (QED) is 0.538. The number of nitrogens with one attached hydrogen (secondary N) is 2. The first-order chi connectivity index (χ1) is 15.3. The number of halogens is 3. The topological polar surface area (TPSA) is 119 Å². The van der Waals surface area contributed by atoms with Gasteiger partial charge in [0.05, 0.1) is 12.4 Å². The minimum absolute atomic E-state index is 0.0230. The Bertz CT molecular complexity index is 1040. The van der Waals surface area contributed by atoms with Gasteiger partial charge in [-0.3, -0.25) is 4.79 Å². The van der Waals surface area contributed by atoms with E-state index in [0.717, 1.165) is 18.3 Å². The van der Waals surface area contributed by atoms with Gasteiger partial charge in [0, 0.05) is 11.3 Å². The number of benzene rings is 1. The first-order valence-corrected chi connectivity index (χ1v) is 9.63. The number of carbonyl (C=O) groups is 2. The second-order valence-corrected chi connectivity index (χ2v) is 7.17. The van der Waals surface area contributed by atoms with Crippen LogP contribution in [0, 0.1) is 24.1 Å². The highest BCUT2D eigenvalue weighted by atomic mass is 19.3. The summed E-state index contributed by atoms with van der Waals surface area (Å²) < 4.78 is 48.3. The highest BCUT2D eigenvalue weighted by Gasteiger charge is 2.52. The van der Waals surface area contributed by atoms with Crippen LogP contribution in [0.15, 0.2) is 30.6 Å². The molecule has 32 heavy (non-hydrogen) atoms. The molecule has 0 saturated heterocycles. The number of urea groups is 1. The SMILES string of the molecule is C#CCOc1cnc(C(=O)Nc2ccc(F)c([C@](NC(N)=O)(C(F)F)C3CCC3)c2)cn1. The third-order valence-electron chi connectivity index (χ3n) is 5.26. The van der Waals surface area contributed by atoms with Crippen molar-refractivity contribution in [3.63, 3.8) is 0 Å². The molecule has 1 saturated carbocycles. The Labute approximate surface area is 181 Å². The molecule has 1 aliphatic rings. The number of carbonyl (C=O) groups excluding carboxylic acids is 2. The van der Waals surface area contributed by atoms with E-state index >= 15 is 0 Å². The molecule has 3 rings (SSSR count). The number of ether oxygens (including phenoxy) is 1. The number of aromatic nitrogens is 2. The lowest BCUT2D eigenvalue weighted by Gasteiger charge is -2.45. The standard InChI is InChI=1S/C21H20F3N5O3/c1-2-8-32-17-11-26-16(10-27-17)18(30)28-13-6-7-15(22)14(9-13)21(19(23)24,29-20(25)31)12-4-3-5-12/h1,6-7,9-12,19H,3-5,8H2,(H,28,30)(H3,25,29,31)/t21-/m0/s1. The predicted octanol–water partition coefficient (Wildman–Crippen LogP) is 2.81. The minimum Gasteiger partial charge on any atom is -0.463 e. The zero-order chi connectivity index (χ0) is 23.3. The smallest absolute Gasteiger partial charge is 0.313 e. The normalized spacial score (nSPS) is 15.2. The average Bonchev–Trinajstić information content (AvgIpc) is 2.71. The summed E-state index contributed by atoms with van der Waals surface area (Å²) in [5.41, 5.74) is 2.30. The summed E-state index contributed by atoms with van der Waals surface area (Å²) in [5, 5.41) is 4.53. The summed E-state index contributed by atoms with van der Waals surface area (Å²) in [4.78, 5) is 31.8. The first kappa shape index (κ1) is 22.9. The number of hydrogen-bond acceptors (Lipinski definition) is 5. The Kier molecular flexibility index (Phi) is 6.82. The fraction of sp³-hybridized carbons (Fsp3) is 0.333. The van der Waals surface area contributed by atoms with Gasteiger partial charge in [-0.2, -0.15) is 0 Å². The van der Waals surface area contributed by atoms with Crippen LogP contribution in [0.4, 0.5) is 23.7 Å². The molecule has 0 bridgehead atoms. The maximum absolute atomic E-state index is 14.7. The lowest BCUT2D eigenvalue weighted by Crippen LogP contribution is -2.59. The summed E-state index contributed by atoms with van der Waals surface area (Å²) in [6.07, 6.45) is 5.67. The van der Waals surface area contributed by atoms with E-state index < -0.39 is 41.2 Å². The second-order valence-electron chi connectivity index (χ2n) is 7.17. The molecule has 0 spiro atoms. The van der Waals surface area contributed by atoms with Gasteiger partial charge in [0.1, 0.15) is 17.1 Å². The Hall–Kier alpha value is -3.81. The molecule has 0 radical (unpaired) electrons. The van der Waals surface area contributed by atoms with Crippen molar-refractivity contribution in [3.05, 3.63) is 47.7 Å². The maximum Gasteiger partial charge on any atom is 0.313 e.